The van der Waals surface area contributed by atoms with Gasteiger partial charge in [0.15, 0.2) is 5.15 Å². The molecule has 0 spiro atoms. The van der Waals surface area contributed by atoms with Crippen LogP contribution < -0.4 is 11.2 Å². The number of H-pyrrole nitrogens is 1. The Kier molecular flexibility index (Phi) is 2.22. The van der Waals surface area contributed by atoms with Gasteiger partial charge in [0.05, 0.1) is 0 Å². The van der Waals surface area contributed by atoms with Crippen LogP contribution in [0.15, 0.2) is 9.59 Å². The molecule has 0 atom stereocenters. The minimum atomic E-state index is -1.10. The van der Waals surface area contributed by atoms with Crippen LogP contribution in [0.4, 0.5) is 4.39 Å². The second kappa shape index (κ2) is 3.20. The predicted octanol–water partition coefficient (Wildman–Crippen LogP) is 1.13. The van der Waals surface area contributed by atoms with Crippen LogP contribution in [0, 0.1) is 11.2 Å². The maximum Gasteiger partial charge on any atom is 0.329 e. The van der Waals surface area contributed by atoms with E-state index in [-0.39, 0.29) is 12.0 Å². The van der Waals surface area contributed by atoms with Crippen LogP contribution in [-0.4, -0.2) is 9.55 Å². The molecule has 0 aromatic carbocycles. The molecule has 4 nitrogen and oxygen atoms in total. The molecule has 6 heteroatoms. The molecule has 1 aromatic heterocycles. The van der Waals surface area contributed by atoms with Gasteiger partial charge in [-0.3, -0.25) is 14.3 Å². The molecular weight excluding hydrogens is 223 g/mol. The van der Waals surface area contributed by atoms with Gasteiger partial charge in [-0.05, 0) is 18.3 Å². The Bertz CT molecular complexity index is 516. The molecular formula is C9H10ClFN2O2. The average molecular weight is 233 g/mol. The Morgan fingerprint density at radius 3 is 2.67 bits per heavy atom. The van der Waals surface area contributed by atoms with Crippen molar-refractivity contribution in [2.45, 2.75) is 26.3 Å². The number of rotatable bonds is 2. The summed E-state index contributed by atoms with van der Waals surface area (Å²) in [5, 5.41) is -0.526. The number of aromatic amines is 1. The highest BCUT2D eigenvalue weighted by Crippen LogP contribution is 2.45. The number of nitrogens with zero attached hydrogens (tertiary/aromatic N) is 1. The molecule has 1 N–H and O–H groups in total. The topological polar surface area (TPSA) is 54.9 Å². The average Bonchev–Trinajstić information content (AvgIpc) is 2.89. The van der Waals surface area contributed by atoms with Crippen molar-refractivity contribution in [3.63, 3.8) is 0 Å². The van der Waals surface area contributed by atoms with Crippen LogP contribution in [-0.2, 0) is 6.54 Å². The fraction of sp³-hybridized carbons (Fsp3) is 0.556. The predicted molar refractivity (Wildman–Crippen MR) is 53.6 cm³/mol. The zero-order chi connectivity index (χ0) is 11.2. The third-order valence-electron chi connectivity index (χ3n) is 2.73. The van der Waals surface area contributed by atoms with Crippen molar-refractivity contribution in [1.29, 1.82) is 0 Å². The van der Waals surface area contributed by atoms with E-state index in [0.717, 1.165) is 17.4 Å². The second-order valence-corrected chi connectivity index (χ2v) is 4.64. The lowest BCUT2D eigenvalue weighted by atomic mass is 10.1. The molecule has 1 fully saturated rings. The van der Waals surface area contributed by atoms with E-state index in [1.54, 1.807) is 0 Å². The van der Waals surface area contributed by atoms with Gasteiger partial charge in [0, 0.05) is 6.54 Å². The summed E-state index contributed by atoms with van der Waals surface area (Å²) in [4.78, 5) is 24.9. The van der Waals surface area contributed by atoms with Crippen LogP contribution in [0.2, 0.25) is 5.15 Å². The van der Waals surface area contributed by atoms with Crippen LogP contribution in [0.1, 0.15) is 19.8 Å². The van der Waals surface area contributed by atoms with E-state index in [1.165, 1.54) is 0 Å². The Morgan fingerprint density at radius 2 is 2.13 bits per heavy atom. The highest BCUT2D eigenvalue weighted by atomic mass is 35.5. The van der Waals surface area contributed by atoms with E-state index in [4.69, 9.17) is 11.6 Å². The molecule has 1 heterocycles. The van der Waals surface area contributed by atoms with Crippen molar-refractivity contribution in [2.24, 2.45) is 5.41 Å². The van der Waals surface area contributed by atoms with Crippen molar-refractivity contribution >= 4 is 11.6 Å². The first-order valence-corrected chi connectivity index (χ1v) is 4.99. The summed E-state index contributed by atoms with van der Waals surface area (Å²) < 4.78 is 14.0. The van der Waals surface area contributed by atoms with E-state index in [1.807, 2.05) is 6.92 Å². The number of aromatic nitrogens is 2. The molecule has 1 aromatic rings. The monoisotopic (exact) mass is 232 g/mol. The van der Waals surface area contributed by atoms with Crippen LogP contribution >= 0.6 is 11.6 Å². The molecule has 1 aliphatic rings. The van der Waals surface area contributed by atoms with E-state index in [0.29, 0.717) is 0 Å². The highest BCUT2D eigenvalue weighted by Gasteiger charge is 2.38. The van der Waals surface area contributed by atoms with E-state index in [9.17, 15) is 14.0 Å². The first-order chi connectivity index (χ1) is 6.93. The highest BCUT2D eigenvalue weighted by molar-refractivity contribution is 6.29. The number of hydrogen-bond donors (Lipinski definition) is 1. The largest absolute Gasteiger partial charge is 0.329 e. The minimum absolute atomic E-state index is 0.0445. The molecule has 82 valence electrons. The number of hydrogen-bond acceptors (Lipinski definition) is 2. The summed E-state index contributed by atoms with van der Waals surface area (Å²) in [5.74, 6) is -1.10. The summed E-state index contributed by atoms with van der Waals surface area (Å²) in [6.07, 6.45) is 1.90. The maximum atomic E-state index is 13.1. The summed E-state index contributed by atoms with van der Waals surface area (Å²) in [7, 11) is 0. The molecule has 2 rings (SSSR count). The molecule has 0 bridgehead atoms. The standard InChI is InChI=1S/C9H10ClFN2O2/c1-9(2-3-9)4-13-7(14)5(11)6(10)12-8(13)15/h2-4H2,1H3,(H,12,15). The van der Waals surface area contributed by atoms with Crippen molar-refractivity contribution < 1.29 is 4.39 Å². The molecule has 15 heavy (non-hydrogen) atoms. The Labute approximate surface area is 89.7 Å². The van der Waals surface area contributed by atoms with E-state index < -0.39 is 22.2 Å². The van der Waals surface area contributed by atoms with E-state index >= 15 is 0 Å². The number of nitrogens with one attached hydrogen (secondary N) is 1. The van der Waals surface area contributed by atoms with Gasteiger partial charge in [0.25, 0.3) is 5.56 Å². The van der Waals surface area contributed by atoms with Crippen molar-refractivity contribution in [3.05, 3.63) is 31.8 Å². The SMILES string of the molecule is CC1(Cn2c(=O)[nH]c(Cl)c(F)c2=O)CC1. The van der Waals surface area contributed by atoms with Crippen LogP contribution in [0.5, 0.6) is 0 Å². The van der Waals surface area contributed by atoms with Gasteiger partial charge >= 0.3 is 5.69 Å². The second-order valence-electron chi connectivity index (χ2n) is 4.26. The maximum absolute atomic E-state index is 13.1. The molecule has 0 aliphatic heterocycles. The molecule has 1 aliphatic carbocycles. The Hall–Kier alpha value is -1.10. The summed E-state index contributed by atoms with van der Waals surface area (Å²) >= 11 is 5.33. The first kappa shape index (κ1) is 10.4. The van der Waals surface area contributed by atoms with Crippen molar-refractivity contribution in [3.8, 4) is 0 Å². The van der Waals surface area contributed by atoms with Gasteiger partial charge in [-0.2, -0.15) is 4.39 Å². The summed E-state index contributed by atoms with van der Waals surface area (Å²) in [6, 6.07) is 0. The van der Waals surface area contributed by atoms with Crippen molar-refractivity contribution in [1.82, 2.24) is 9.55 Å². The lowest BCUT2D eigenvalue weighted by molar-refractivity contribution is 0.426. The smallest absolute Gasteiger partial charge is 0.295 e. The quantitative estimate of drug-likeness (QED) is 0.778. The Morgan fingerprint density at radius 1 is 1.53 bits per heavy atom. The van der Waals surface area contributed by atoms with Gasteiger partial charge in [-0.25, -0.2) is 4.79 Å². The molecule has 0 radical (unpaired) electrons. The van der Waals surface area contributed by atoms with Crippen molar-refractivity contribution in [2.75, 3.05) is 0 Å². The van der Waals surface area contributed by atoms with Gasteiger partial charge in [-0.15, -0.1) is 0 Å². The van der Waals surface area contributed by atoms with Gasteiger partial charge in [0.2, 0.25) is 5.82 Å². The molecule has 1 saturated carbocycles. The normalized spacial score (nSPS) is 17.8. The molecule has 0 saturated heterocycles. The zero-order valence-electron chi connectivity index (χ0n) is 8.14. The lowest BCUT2D eigenvalue weighted by Gasteiger charge is -2.09. The summed E-state index contributed by atoms with van der Waals surface area (Å²) in [5.41, 5.74) is -1.65. The lowest BCUT2D eigenvalue weighted by Crippen LogP contribution is -2.39. The van der Waals surface area contributed by atoms with E-state index in [2.05, 4.69) is 4.98 Å². The molecule has 0 amide bonds. The fourth-order valence-electron chi connectivity index (χ4n) is 1.42. The van der Waals surface area contributed by atoms with Gasteiger partial charge in [0.1, 0.15) is 0 Å². The first-order valence-electron chi connectivity index (χ1n) is 4.61. The van der Waals surface area contributed by atoms with Gasteiger partial charge in [-0.1, -0.05) is 18.5 Å². The minimum Gasteiger partial charge on any atom is -0.295 e. The fourth-order valence-corrected chi connectivity index (χ4v) is 1.58. The number of halogens is 2. The third-order valence-corrected chi connectivity index (χ3v) is 2.99. The van der Waals surface area contributed by atoms with Crippen LogP contribution in [0.3, 0.4) is 0 Å². The van der Waals surface area contributed by atoms with Crippen LogP contribution in [0.25, 0.3) is 0 Å². The zero-order valence-corrected chi connectivity index (χ0v) is 8.90. The summed E-state index contributed by atoms with van der Waals surface area (Å²) in [6.45, 7) is 2.20. The van der Waals surface area contributed by atoms with Gasteiger partial charge < -0.3 is 0 Å². The third kappa shape index (κ3) is 1.84. The Balaban J connectivity index is 2.51. The molecule has 0 unspecified atom stereocenters.